The van der Waals surface area contributed by atoms with E-state index in [9.17, 15) is 4.79 Å². The minimum Gasteiger partial charge on any atom is -0.444 e. The molecule has 0 spiro atoms. The smallest absolute Gasteiger partial charge is 0.410 e. The third kappa shape index (κ3) is 5.13. The Hall–Kier alpha value is -0.810. The van der Waals surface area contributed by atoms with E-state index in [1.54, 1.807) is 0 Å². The van der Waals surface area contributed by atoms with Crippen LogP contribution in [0.1, 0.15) is 47.0 Å². The summed E-state index contributed by atoms with van der Waals surface area (Å²) in [4.78, 5) is 16.7. The molecule has 5 heteroatoms. The zero-order chi connectivity index (χ0) is 16.2. The third-order valence-electron chi connectivity index (χ3n) is 4.40. The van der Waals surface area contributed by atoms with Crippen molar-refractivity contribution >= 4 is 6.09 Å². The molecule has 2 heterocycles. The minimum absolute atomic E-state index is 0.153. The zero-order valence-corrected chi connectivity index (χ0v) is 14.6. The van der Waals surface area contributed by atoms with Gasteiger partial charge in [-0.2, -0.15) is 0 Å². The fourth-order valence-electron chi connectivity index (χ4n) is 3.38. The van der Waals surface area contributed by atoms with Gasteiger partial charge in [-0.25, -0.2) is 4.79 Å². The molecule has 0 bridgehead atoms. The van der Waals surface area contributed by atoms with Crippen molar-refractivity contribution in [3.05, 3.63) is 0 Å². The average Bonchev–Trinajstić information content (AvgIpc) is 3.04. The standard InChI is InChI=1S/C17H32N2O3/c1-5-21-13-14-8-10-18(11-14)12-15-7-6-9-19(15)16(20)22-17(2,3)4/h14-15H,5-13H2,1-4H3/t14?,15-/m1/s1. The van der Waals surface area contributed by atoms with Gasteiger partial charge in [0, 0.05) is 32.3 Å². The maximum absolute atomic E-state index is 12.3. The van der Waals surface area contributed by atoms with Gasteiger partial charge in [0.2, 0.25) is 0 Å². The Kier molecular flexibility index (Phi) is 6.09. The molecule has 128 valence electrons. The molecule has 2 aliphatic rings. The maximum Gasteiger partial charge on any atom is 0.410 e. The van der Waals surface area contributed by atoms with Crippen LogP contribution in [0, 0.1) is 5.92 Å². The summed E-state index contributed by atoms with van der Waals surface area (Å²) in [6, 6.07) is 0.306. The molecule has 0 saturated carbocycles. The molecule has 0 aromatic rings. The second-order valence-electron chi connectivity index (χ2n) is 7.54. The second-order valence-corrected chi connectivity index (χ2v) is 7.54. The zero-order valence-electron chi connectivity index (χ0n) is 14.6. The molecule has 0 aromatic heterocycles. The third-order valence-corrected chi connectivity index (χ3v) is 4.40. The van der Waals surface area contributed by atoms with E-state index in [2.05, 4.69) is 4.90 Å². The van der Waals surface area contributed by atoms with Crippen LogP contribution in [0.4, 0.5) is 4.79 Å². The largest absolute Gasteiger partial charge is 0.444 e. The monoisotopic (exact) mass is 312 g/mol. The first-order valence-electron chi connectivity index (χ1n) is 8.68. The number of likely N-dealkylation sites (tertiary alicyclic amines) is 2. The number of amides is 1. The van der Waals surface area contributed by atoms with Gasteiger partial charge in [-0.3, -0.25) is 0 Å². The van der Waals surface area contributed by atoms with Crippen LogP contribution in [0.25, 0.3) is 0 Å². The topological polar surface area (TPSA) is 42.0 Å². The second kappa shape index (κ2) is 7.64. The van der Waals surface area contributed by atoms with Crippen molar-refractivity contribution < 1.29 is 14.3 Å². The number of nitrogens with zero attached hydrogens (tertiary/aromatic N) is 2. The highest BCUT2D eigenvalue weighted by Gasteiger charge is 2.34. The number of carbonyl (C=O) groups excluding carboxylic acids is 1. The van der Waals surface area contributed by atoms with E-state index in [0.717, 1.165) is 52.2 Å². The Balaban J connectivity index is 1.80. The van der Waals surface area contributed by atoms with Crippen molar-refractivity contribution in [2.24, 2.45) is 5.92 Å². The fourth-order valence-corrected chi connectivity index (χ4v) is 3.38. The molecular formula is C17H32N2O3. The van der Waals surface area contributed by atoms with Crippen molar-refractivity contribution in [1.82, 2.24) is 9.80 Å². The van der Waals surface area contributed by atoms with Crippen molar-refractivity contribution in [2.75, 3.05) is 39.4 Å². The molecule has 1 amide bonds. The normalized spacial score (nSPS) is 26.6. The summed E-state index contributed by atoms with van der Waals surface area (Å²) in [5, 5.41) is 0. The van der Waals surface area contributed by atoms with Crippen molar-refractivity contribution in [3.8, 4) is 0 Å². The van der Waals surface area contributed by atoms with Gasteiger partial charge in [0.1, 0.15) is 5.60 Å². The first-order valence-corrected chi connectivity index (χ1v) is 8.68. The summed E-state index contributed by atoms with van der Waals surface area (Å²) < 4.78 is 11.1. The van der Waals surface area contributed by atoms with Crippen LogP contribution in [-0.2, 0) is 9.47 Å². The number of carbonyl (C=O) groups is 1. The van der Waals surface area contributed by atoms with E-state index < -0.39 is 5.60 Å². The number of ether oxygens (including phenoxy) is 2. The Morgan fingerprint density at radius 1 is 1.23 bits per heavy atom. The molecule has 2 saturated heterocycles. The Morgan fingerprint density at radius 2 is 2.00 bits per heavy atom. The van der Waals surface area contributed by atoms with E-state index in [4.69, 9.17) is 9.47 Å². The van der Waals surface area contributed by atoms with Gasteiger partial charge >= 0.3 is 6.09 Å². The summed E-state index contributed by atoms with van der Waals surface area (Å²) in [5.74, 6) is 0.649. The first-order chi connectivity index (χ1) is 10.4. The molecule has 0 radical (unpaired) electrons. The minimum atomic E-state index is -0.416. The van der Waals surface area contributed by atoms with Crippen molar-refractivity contribution in [1.29, 1.82) is 0 Å². The Labute approximate surface area is 134 Å². The quantitative estimate of drug-likeness (QED) is 0.783. The lowest BCUT2D eigenvalue weighted by atomic mass is 10.1. The van der Waals surface area contributed by atoms with Crippen LogP contribution < -0.4 is 0 Å². The molecule has 2 atom stereocenters. The van der Waals surface area contributed by atoms with Crippen LogP contribution in [0.3, 0.4) is 0 Å². The van der Waals surface area contributed by atoms with E-state index in [0.29, 0.717) is 12.0 Å². The summed E-state index contributed by atoms with van der Waals surface area (Å²) in [5.41, 5.74) is -0.416. The highest BCUT2D eigenvalue weighted by atomic mass is 16.6. The van der Waals surface area contributed by atoms with Gasteiger partial charge in [-0.15, -0.1) is 0 Å². The number of hydrogen-bond donors (Lipinski definition) is 0. The van der Waals surface area contributed by atoms with Gasteiger partial charge in [0.15, 0.2) is 0 Å². The van der Waals surface area contributed by atoms with Crippen LogP contribution >= 0.6 is 0 Å². The molecule has 2 fully saturated rings. The van der Waals surface area contributed by atoms with Gasteiger partial charge in [0.25, 0.3) is 0 Å². The summed E-state index contributed by atoms with van der Waals surface area (Å²) in [7, 11) is 0. The SMILES string of the molecule is CCOCC1CCN(C[C@H]2CCCN2C(=O)OC(C)(C)C)C1. The molecule has 0 aromatic carbocycles. The molecule has 2 rings (SSSR count). The van der Waals surface area contributed by atoms with E-state index in [-0.39, 0.29) is 6.09 Å². The van der Waals surface area contributed by atoms with Gasteiger partial charge in [-0.05, 0) is 59.4 Å². The highest BCUT2D eigenvalue weighted by molar-refractivity contribution is 5.69. The summed E-state index contributed by atoms with van der Waals surface area (Å²) in [6.07, 6.45) is 3.23. The Morgan fingerprint density at radius 3 is 2.68 bits per heavy atom. The highest BCUT2D eigenvalue weighted by Crippen LogP contribution is 2.24. The molecule has 0 aliphatic carbocycles. The van der Waals surface area contributed by atoms with Crippen LogP contribution in [0.2, 0.25) is 0 Å². The predicted octanol–water partition coefficient (Wildman–Crippen LogP) is 2.74. The lowest BCUT2D eigenvalue weighted by molar-refractivity contribution is 0.0200. The van der Waals surface area contributed by atoms with E-state index in [1.165, 1.54) is 6.42 Å². The summed E-state index contributed by atoms with van der Waals surface area (Å²) in [6.45, 7) is 13.5. The molecule has 22 heavy (non-hydrogen) atoms. The Bertz CT molecular complexity index is 367. The van der Waals surface area contributed by atoms with Crippen molar-refractivity contribution in [3.63, 3.8) is 0 Å². The van der Waals surface area contributed by atoms with Crippen LogP contribution in [0.15, 0.2) is 0 Å². The average molecular weight is 312 g/mol. The van der Waals surface area contributed by atoms with E-state index >= 15 is 0 Å². The van der Waals surface area contributed by atoms with Gasteiger partial charge in [0.05, 0.1) is 6.61 Å². The summed E-state index contributed by atoms with van der Waals surface area (Å²) >= 11 is 0. The molecule has 1 unspecified atom stereocenters. The predicted molar refractivity (Wildman–Crippen MR) is 87.0 cm³/mol. The van der Waals surface area contributed by atoms with Crippen molar-refractivity contribution in [2.45, 2.75) is 58.6 Å². The van der Waals surface area contributed by atoms with Crippen LogP contribution in [-0.4, -0.2) is 66.9 Å². The maximum atomic E-state index is 12.3. The first kappa shape index (κ1) is 17.5. The lowest BCUT2D eigenvalue weighted by Crippen LogP contribution is -2.44. The molecular weight excluding hydrogens is 280 g/mol. The molecule has 2 aliphatic heterocycles. The molecule has 5 nitrogen and oxygen atoms in total. The fraction of sp³-hybridized carbons (Fsp3) is 0.941. The van der Waals surface area contributed by atoms with Gasteiger partial charge < -0.3 is 19.3 Å². The number of rotatable bonds is 5. The molecule has 0 N–H and O–H groups in total. The number of hydrogen-bond acceptors (Lipinski definition) is 4. The van der Waals surface area contributed by atoms with Crippen LogP contribution in [0.5, 0.6) is 0 Å². The lowest BCUT2D eigenvalue weighted by Gasteiger charge is -2.30. The van der Waals surface area contributed by atoms with E-state index in [1.807, 2.05) is 32.6 Å². The van der Waals surface area contributed by atoms with Gasteiger partial charge in [-0.1, -0.05) is 0 Å².